The SMILES string of the molecule is Cc1cccc(COc2ccc(C3(C)NC(=O)NC3=O)cc2)c1. The predicted octanol–water partition coefficient (Wildman–Crippen LogP) is 2.63. The van der Waals surface area contributed by atoms with Gasteiger partial charge in [-0.15, -0.1) is 0 Å². The third kappa shape index (κ3) is 3.04. The van der Waals surface area contributed by atoms with Crippen molar-refractivity contribution in [3.8, 4) is 5.75 Å². The van der Waals surface area contributed by atoms with Gasteiger partial charge in [0.15, 0.2) is 0 Å². The number of benzene rings is 2. The van der Waals surface area contributed by atoms with E-state index in [0.29, 0.717) is 17.9 Å². The number of carbonyl (C=O) groups excluding carboxylic acids is 2. The van der Waals surface area contributed by atoms with Crippen LogP contribution in [0.15, 0.2) is 48.5 Å². The Morgan fingerprint density at radius 3 is 2.43 bits per heavy atom. The van der Waals surface area contributed by atoms with Gasteiger partial charge in [0.25, 0.3) is 5.91 Å². The molecule has 1 aliphatic rings. The van der Waals surface area contributed by atoms with Gasteiger partial charge in [0, 0.05) is 0 Å². The molecule has 1 heterocycles. The van der Waals surface area contributed by atoms with Crippen LogP contribution in [-0.4, -0.2) is 11.9 Å². The second kappa shape index (κ2) is 5.76. The number of amides is 3. The second-order valence-electron chi connectivity index (χ2n) is 5.84. The zero-order chi connectivity index (χ0) is 16.4. The highest BCUT2D eigenvalue weighted by Gasteiger charge is 2.43. The summed E-state index contributed by atoms with van der Waals surface area (Å²) in [7, 11) is 0. The Bertz CT molecular complexity index is 755. The third-order valence-corrected chi connectivity index (χ3v) is 3.96. The van der Waals surface area contributed by atoms with Crippen LogP contribution in [0, 0.1) is 6.92 Å². The number of hydrogen-bond donors (Lipinski definition) is 2. The van der Waals surface area contributed by atoms with Crippen LogP contribution >= 0.6 is 0 Å². The summed E-state index contributed by atoms with van der Waals surface area (Å²) in [5.74, 6) is 0.361. The Morgan fingerprint density at radius 2 is 1.83 bits per heavy atom. The van der Waals surface area contributed by atoms with Crippen molar-refractivity contribution >= 4 is 11.9 Å². The summed E-state index contributed by atoms with van der Waals surface area (Å²) >= 11 is 0. The Morgan fingerprint density at radius 1 is 1.09 bits per heavy atom. The Balaban J connectivity index is 1.70. The van der Waals surface area contributed by atoms with Crippen molar-refractivity contribution in [2.75, 3.05) is 0 Å². The van der Waals surface area contributed by atoms with Crippen molar-refractivity contribution in [1.82, 2.24) is 10.6 Å². The predicted molar refractivity (Wildman–Crippen MR) is 86.0 cm³/mol. The molecule has 1 aliphatic heterocycles. The van der Waals surface area contributed by atoms with E-state index in [4.69, 9.17) is 4.74 Å². The van der Waals surface area contributed by atoms with Crippen LogP contribution in [0.2, 0.25) is 0 Å². The maximum Gasteiger partial charge on any atom is 0.322 e. The number of nitrogens with one attached hydrogen (secondary N) is 2. The highest BCUT2D eigenvalue weighted by molar-refractivity contribution is 6.07. The van der Waals surface area contributed by atoms with E-state index < -0.39 is 11.6 Å². The van der Waals surface area contributed by atoms with E-state index >= 15 is 0 Å². The first-order valence-corrected chi connectivity index (χ1v) is 7.40. The smallest absolute Gasteiger partial charge is 0.322 e. The number of aryl methyl sites for hydroxylation is 1. The zero-order valence-corrected chi connectivity index (χ0v) is 13.1. The maximum atomic E-state index is 11.9. The summed E-state index contributed by atoms with van der Waals surface area (Å²) < 4.78 is 5.76. The molecular weight excluding hydrogens is 292 g/mol. The largest absolute Gasteiger partial charge is 0.489 e. The molecule has 118 valence electrons. The van der Waals surface area contributed by atoms with E-state index in [-0.39, 0.29) is 5.91 Å². The Labute approximate surface area is 134 Å². The summed E-state index contributed by atoms with van der Waals surface area (Å²) in [5.41, 5.74) is 1.97. The fourth-order valence-electron chi connectivity index (χ4n) is 2.60. The normalized spacial score (nSPS) is 20.1. The number of rotatable bonds is 4. The molecule has 5 nitrogen and oxygen atoms in total. The van der Waals surface area contributed by atoms with Crippen molar-refractivity contribution in [2.24, 2.45) is 0 Å². The lowest BCUT2D eigenvalue weighted by atomic mass is 9.92. The molecule has 2 aromatic rings. The number of urea groups is 1. The van der Waals surface area contributed by atoms with Crippen molar-refractivity contribution in [2.45, 2.75) is 26.0 Å². The van der Waals surface area contributed by atoms with Crippen LogP contribution in [0.25, 0.3) is 0 Å². The molecular formula is C18H18N2O3. The minimum Gasteiger partial charge on any atom is -0.489 e. The molecule has 0 bridgehead atoms. The molecule has 0 aromatic heterocycles. The minimum absolute atomic E-state index is 0.351. The molecule has 1 fully saturated rings. The van der Waals surface area contributed by atoms with Crippen molar-refractivity contribution in [3.63, 3.8) is 0 Å². The number of ether oxygens (including phenoxy) is 1. The minimum atomic E-state index is -1.04. The zero-order valence-electron chi connectivity index (χ0n) is 13.1. The summed E-state index contributed by atoms with van der Waals surface area (Å²) in [4.78, 5) is 23.2. The monoisotopic (exact) mass is 310 g/mol. The van der Waals surface area contributed by atoms with E-state index in [0.717, 1.165) is 5.56 Å². The van der Waals surface area contributed by atoms with Gasteiger partial charge in [-0.2, -0.15) is 0 Å². The fraction of sp³-hybridized carbons (Fsp3) is 0.222. The van der Waals surface area contributed by atoms with E-state index in [1.54, 1.807) is 31.2 Å². The Hall–Kier alpha value is -2.82. The summed E-state index contributed by atoms with van der Waals surface area (Å²) in [5, 5.41) is 4.89. The molecule has 0 aliphatic carbocycles. The molecule has 23 heavy (non-hydrogen) atoms. The third-order valence-electron chi connectivity index (χ3n) is 3.96. The molecule has 5 heteroatoms. The fourth-order valence-corrected chi connectivity index (χ4v) is 2.60. The second-order valence-corrected chi connectivity index (χ2v) is 5.84. The van der Waals surface area contributed by atoms with E-state index in [2.05, 4.69) is 16.7 Å². The Kier molecular flexibility index (Phi) is 3.78. The van der Waals surface area contributed by atoms with Gasteiger partial charge >= 0.3 is 6.03 Å². The van der Waals surface area contributed by atoms with Crippen molar-refractivity contribution in [3.05, 3.63) is 65.2 Å². The summed E-state index contributed by atoms with van der Waals surface area (Å²) in [6.45, 7) is 4.20. The number of carbonyl (C=O) groups is 2. The molecule has 3 amide bonds. The average Bonchev–Trinajstić information content (AvgIpc) is 2.79. The lowest BCUT2D eigenvalue weighted by Crippen LogP contribution is -2.40. The molecule has 1 unspecified atom stereocenters. The first kappa shape index (κ1) is 15.1. The van der Waals surface area contributed by atoms with Crippen LogP contribution in [0.3, 0.4) is 0 Å². The molecule has 0 radical (unpaired) electrons. The molecule has 0 saturated carbocycles. The lowest BCUT2D eigenvalue weighted by molar-refractivity contribution is -0.123. The van der Waals surface area contributed by atoms with Crippen molar-refractivity contribution in [1.29, 1.82) is 0 Å². The van der Waals surface area contributed by atoms with Crippen LogP contribution in [-0.2, 0) is 16.9 Å². The van der Waals surface area contributed by atoms with Crippen LogP contribution in [0.5, 0.6) is 5.75 Å². The van der Waals surface area contributed by atoms with Gasteiger partial charge in [-0.1, -0.05) is 42.0 Å². The van der Waals surface area contributed by atoms with E-state index in [1.807, 2.05) is 25.1 Å². The molecule has 3 rings (SSSR count). The maximum absolute atomic E-state index is 11.9. The van der Waals surface area contributed by atoms with Gasteiger partial charge in [-0.3, -0.25) is 10.1 Å². The molecule has 1 atom stereocenters. The summed E-state index contributed by atoms with van der Waals surface area (Å²) in [6.07, 6.45) is 0. The quantitative estimate of drug-likeness (QED) is 0.853. The van der Waals surface area contributed by atoms with Crippen molar-refractivity contribution < 1.29 is 14.3 Å². The number of imide groups is 1. The van der Waals surface area contributed by atoms with Crippen LogP contribution in [0.1, 0.15) is 23.6 Å². The van der Waals surface area contributed by atoms with E-state index in [9.17, 15) is 9.59 Å². The van der Waals surface area contributed by atoms with Crippen LogP contribution < -0.4 is 15.4 Å². The highest BCUT2D eigenvalue weighted by Crippen LogP contribution is 2.26. The van der Waals surface area contributed by atoms with Gasteiger partial charge in [-0.05, 0) is 37.1 Å². The average molecular weight is 310 g/mol. The first-order chi connectivity index (χ1) is 11.0. The molecule has 2 N–H and O–H groups in total. The molecule has 0 spiro atoms. The van der Waals surface area contributed by atoms with Gasteiger partial charge in [-0.25, -0.2) is 4.79 Å². The van der Waals surface area contributed by atoms with Crippen LogP contribution in [0.4, 0.5) is 4.79 Å². The summed E-state index contributed by atoms with van der Waals surface area (Å²) in [6, 6.07) is 14.8. The highest BCUT2D eigenvalue weighted by atomic mass is 16.5. The van der Waals surface area contributed by atoms with Gasteiger partial charge in [0.05, 0.1) is 0 Å². The molecule has 1 saturated heterocycles. The van der Waals surface area contributed by atoms with E-state index in [1.165, 1.54) is 5.56 Å². The standard InChI is InChI=1S/C18H18N2O3/c1-12-4-3-5-13(10-12)11-23-15-8-6-14(7-9-15)18(2)16(21)19-17(22)20-18/h3-10H,11H2,1-2H3,(H2,19,20,21,22). The molecule has 2 aromatic carbocycles. The van der Waals surface area contributed by atoms with Gasteiger partial charge in [0.2, 0.25) is 0 Å². The topological polar surface area (TPSA) is 67.4 Å². The first-order valence-electron chi connectivity index (χ1n) is 7.40. The van der Waals surface area contributed by atoms with Gasteiger partial charge < -0.3 is 10.1 Å². The number of hydrogen-bond acceptors (Lipinski definition) is 3. The van der Waals surface area contributed by atoms with Gasteiger partial charge in [0.1, 0.15) is 17.9 Å². The lowest BCUT2D eigenvalue weighted by Gasteiger charge is -2.21.